The Morgan fingerprint density at radius 2 is 1.97 bits per heavy atom. The van der Waals surface area contributed by atoms with Crippen LogP contribution in [0.1, 0.15) is 27.2 Å². The van der Waals surface area contributed by atoms with E-state index in [0.29, 0.717) is 17.1 Å². The van der Waals surface area contributed by atoms with Crippen molar-refractivity contribution in [3.8, 4) is 5.69 Å². The van der Waals surface area contributed by atoms with Crippen molar-refractivity contribution in [2.75, 3.05) is 0 Å². The summed E-state index contributed by atoms with van der Waals surface area (Å²) in [4.78, 5) is 16.8. The Bertz CT molecular complexity index is 1130. The van der Waals surface area contributed by atoms with E-state index in [1.807, 2.05) is 48.0 Å². The summed E-state index contributed by atoms with van der Waals surface area (Å²) in [6, 6.07) is 15.5. The molecule has 4 aromatic rings. The molecule has 146 valence electrons. The molecule has 0 radical (unpaired) electrons. The fourth-order valence-corrected chi connectivity index (χ4v) is 3.39. The first-order valence-electron chi connectivity index (χ1n) is 9.22. The quantitative estimate of drug-likeness (QED) is 0.527. The third-order valence-corrected chi connectivity index (χ3v) is 4.91. The summed E-state index contributed by atoms with van der Waals surface area (Å²) in [6.07, 6.45) is 7.06. The molecule has 0 fully saturated rings. The number of benzene rings is 2. The molecule has 2 aromatic carbocycles. The smallest absolute Gasteiger partial charge is 0.255 e. The van der Waals surface area contributed by atoms with E-state index in [9.17, 15) is 4.79 Å². The molecular weight excluding hydrogens is 386 g/mol. The topological polar surface area (TPSA) is 64.7 Å². The number of carbonyl (C=O) groups excluding carboxylic acids is 1. The summed E-state index contributed by atoms with van der Waals surface area (Å²) >= 11 is 6.07. The zero-order valence-corrected chi connectivity index (χ0v) is 16.7. The highest BCUT2D eigenvalue weighted by atomic mass is 35.5. The van der Waals surface area contributed by atoms with Crippen LogP contribution in [0.15, 0.2) is 73.4 Å². The zero-order valence-electron chi connectivity index (χ0n) is 15.9. The van der Waals surface area contributed by atoms with Gasteiger partial charge in [-0.2, -0.15) is 5.10 Å². The van der Waals surface area contributed by atoms with Crippen molar-refractivity contribution in [3.63, 3.8) is 0 Å². The minimum Gasteiger partial charge on any atom is -0.348 e. The first kappa shape index (κ1) is 19.0. The summed E-state index contributed by atoms with van der Waals surface area (Å²) in [7, 11) is 0. The first-order chi connectivity index (χ1) is 14.1. The molecule has 6 nitrogen and oxygen atoms in total. The summed E-state index contributed by atoms with van der Waals surface area (Å²) in [5.41, 5.74) is 4.31. The second kappa shape index (κ2) is 8.32. The van der Waals surface area contributed by atoms with E-state index >= 15 is 0 Å². The number of aromatic nitrogens is 4. The number of amides is 1. The zero-order chi connectivity index (χ0) is 20.2. The van der Waals surface area contributed by atoms with Gasteiger partial charge < -0.3 is 9.88 Å². The standard InChI is InChI=1S/C22H20ClN5O/c1-16-21(13-26-28(16)20-7-3-6-19(23)11-20)22(29)25-12-17-4-2-5-18(10-17)14-27-9-8-24-15-27/h2-11,13,15H,12,14H2,1H3,(H,25,29). The Labute approximate surface area is 173 Å². The highest BCUT2D eigenvalue weighted by Crippen LogP contribution is 2.18. The average Bonchev–Trinajstić information content (AvgIpc) is 3.36. The molecule has 2 heterocycles. The second-order valence-corrected chi connectivity index (χ2v) is 7.21. The van der Waals surface area contributed by atoms with Crippen LogP contribution >= 0.6 is 11.6 Å². The maximum Gasteiger partial charge on any atom is 0.255 e. The summed E-state index contributed by atoms with van der Waals surface area (Å²) < 4.78 is 3.72. The van der Waals surface area contributed by atoms with Gasteiger partial charge in [-0.15, -0.1) is 0 Å². The minimum atomic E-state index is -0.157. The van der Waals surface area contributed by atoms with E-state index in [1.54, 1.807) is 29.5 Å². The van der Waals surface area contributed by atoms with Crippen LogP contribution in [0.25, 0.3) is 5.69 Å². The Hall–Kier alpha value is -3.38. The van der Waals surface area contributed by atoms with Crippen molar-refractivity contribution in [1.29, 1.82) is 0 Å². The molecule has 0 saturated carbocycles. The highest BCUT2D eigenvalue weighted by Gasteiger charge is 2.15. The average molecular weight is 406 g/mol. The van der Waals surface area contributed by atoms with Gasteiger partial charge in [0, 0.05) is 30.5 Å². The Morgan fingerprint density at radius 3 is 2.76 bits per heavy atom. The molecule has 0 saturated heterocycles. The second-order valence-electron chi connectivity index (χ2n) is 6.77. The number of imidazole rings is 1. The monoisotopic (exact) mass is 405 g/mol. The van der Waals surface area contributed by atoms with Crippen molar-refractivity contribution < 1.29 is 4.79 Å². The van der Waals surface area contributed by atoms with Crippen molar-refractivity contribution in [2.45, 2.75) is 20.0 Å². The Kier molecular flexibility index (Phi) is 5.44. The highest BCUT2D eigenvalue weighted by molar-refractivity contribution is 6.30. The van der Waals surface area contributed by atoms with Gasteiger partial charge in [-0.1, -0.05) is 41.9 Å². The van der Waals surface area contributed by atoms with Gasteiger partial charge in [0.2, 0.25) is 0 Å². The largest absolute Gasteiger partial charge is 0.348 e. The van der Waals surface area contributed by atoms with Gasteiger partial charge in [0.05, 0.1) is 29.5 Å². The van der Waals surface area contributed by atoms with E-state index in [2.05, 4.69) is 27.5 Å². The maximum absolute atomic E-state index is 12.7. The van der Waals surface area contributed by atoms with E-state index in [0.717, 1.165) is 29.1 Å². The molecule has 0 aliphatic rings. The summed E-state index contributed by atoms with van der Waals surface area (Å²) in [6.45, 7) is 3.06. The van der Waals surface area contributed by atoms with Crippen LogP contribution in [-0.4, -0.2) is 25.2 Å². The van der Waals surface area contributed by atoms with Gasteiger partial charge >= 0.3 is 0 Å². The number of hydrogen-bond acceptors (Lipinski definition) is 3. The van der Waals surface area contributed by atoms with Crippen LogP contribution in [0.4, 0.5) is 0 Å². The molecule has 0 aliphatic carbocycles. The van der Waals surface area contributed by atoms with Crippen LogP contribution in [-0.2, 0) is 13.1 Å². The van der Waals surface area contributed by atoms with E-state index in [4.69, 9.17) is 11.6 Å². The molecule has 1 amide bonds. The molecule has 0 aliphatic heterocycles. The Morgan fingerprint density at radius 1 is 1.14 bits per heavy atom. The molecule has 7 heteroatoms. The fraction of sp³-hybridized carbons (Fsp3) is 0.136. The summed E-state index contributed by atoms with van der Waals surface area (Å²) in [5, 5.41) is 7.95. The lowest BCUT2D eigenvalue weighted by Crippen LogP contribution is -2.23. The molecule has 0 bridgehead atoms. The number of nitrogens with one attached hydrogen (secondary N) is 1. The molecule has 0 unspecified atom stereocenters. The van der Waals surface area contributed by atoms with Crippen molar-refractivity contribution >= 4 is 17.5 Å². The maximum atomic E-state index is 12.7. The third-order valence-electron chi connectivity index (χ3n) is 4.68. The minimum absolute atomic E-state index is 0.157. The van der Waals surface area contributed by atoms with Crippen molar-refractivity contribution in [1.82, 2.24) is 24.6 Å². The van der Waals surface area contributed by atoms with Gasteiger partial charge in [0.15, 0.2) is 0 Å². The molecule has 2 aromatic heterocycles. The number of hydrogen-bond donors (Lipinski definition) is 1. The van der Waals surface area contributed by atoms with Crippen LogP contribution in [0.2, 0.25) is 5.02 Å². The van der Waals surface area contributed by atoms with Crippen LogP contribution < -0.4 is 5.32 Å². The lowest BCUT2D eigenvalue weighted by Gasteiger charge is -2.09. The van der Waals surface area contributed by atoms with Crippen LogP contribution in [0.5, 0.6) is 0 Å². The molecule has 4 rings (SSSR count). The molecule has 29 heavy (non-hydrogen) atoms. The first-order valence-corrected chi connectivity index (χ1v) is 9.60. The van der Waals surface area contributed by atoms with E-state index in [1.165, 1.54) is 0 Å². The SMILES string of the molecule is Cc1c(C(=O)NCc2cccc(Cn3ccnc3)c2)cnn1-c1cccc(Cl)c1. The van der Waals surface area contributed by atoms with Crippen LogP contribution in [0, 0.1) is 6.92 Å². The fourth-order valence-electron chi connectivity index (χ4n) is 3.21. The lowest BCUT2D eigenvalue weighted by atomic mass is 10.1. The molecular formula is C22H20ClN5O. The normalized spacial score (nSPS) is 10.8. The number of nitrogens with zero attached hydrogens (tertiary/aromatic N) is 4. The molecule has 0 atom stereocenters. The van der Waals surface area contributed by atoms with Gasteiger partial charge in [-0.3, -0.25) is 4.79 Å². The van der Waals surface area contributed by atoms with E-state index in [-0.39, 0.29) is 5.91 Å². The summed E-state index contributed by atoms with van der Waals surface area (Å²) in [5.74, 6) is -0.157. The molecule has 1 N–H and O–H groups in total. The number of rotatable bonds is 6. The van der Waals surface area contributed by atoms with Gasteiger partial charge in [-0.05, 0) is 36.2 Å². The Balaban J connectivity index is 1.44. The lowest BCUT2D eigenvalue weighted by molar-refractivity contribution is 0.0950. The van der Waals surface area contributed by atoms with Gasteiger partial charge in [-0.25, -0.2) is 9.67 Å². The third kappa shape index (κ3) is 4.38. The number of halogens is 1. The van der Waals surface area contributed by atoms with Gasteiger partial charge in [0.1, 0.15) is 0 Å². The molecule has 0 spiro atoms. The van der Waals surface area contributed by atoms with Gasteiger partial charge in [0.25, 0.3) is 5.91 Å². The van der Waals surface area contributed by atoms with Crippen molar-refractivity contribution in [2.24, 2.45) is 0 Å². The van der Waals surface area contributed by atoms with Crippen molar-refractivity contribution in [3.05, 3.63) is 101 Å². The van der Waals surface area contributed by atoms with Crippen LogP contribution in [0.3, 0.4) is 0 Å². The van der Waals surface area contributed by atoms with E-state index < -0.39 is 0 Å². The number of carbonyl (C=O) groups is 1. The predicted molar refractivity (Wildman–Crippen MR) is 112 cm³/mol. The predicted octanol–water partition coefficient (Wildman–Crippen LogP) is 4.01.